The Bertz CT molecular complexity index is 895. The van der Waals surface area contributed by atoms with Crippen LogP contribution in [0.5, 0.6) is 5.75 Å². The number of carbonyl (C=O) groups excluding carboxylic acids is 3. The van der Waals surface area contributed by atoms with Gasteiger partial charge in [-0.15, -0.1) is 0 Å². The molecule has 158 valence electrons. The van der Waals surface area contributed by atoms with Crippen molar-refractivity contribution in [2.24, 2.45) is 35.5 Å². The van der Waals surface area contributed by atoms with Crippen LogP contribution in [-0.4, -0.2) is 29.2 Å². The van der Waals surface area contributed by atoms with Crippen LogP contribution in [0.25, 0.3) is 0 Å². The van der Waals surface area contributed by atoms with Gasteiger partial charge in [-0.25, -0.2) is 0 Å². The number of hydrogen-bond donors (Lipinski definition) is 0. The van der Waals surface area contributed by atoms with E-state index in [-0.39, 0.29) is 53.9 Å². The van der Waals surface area contributed by atoms with Crippen LogP contribution in [0, 0.1) is 35.5 Å². The first-order valence-corrected chi connectivity index (χ1v) is 11.2. The summed E-state index contributed by atoms with van der Waals surface area (Å²) >= 11 is 0. The van der Waals surface area contributed by atoms with Crippen molar-refractivity contribution in [2.75, 3.05) is 6.54 Å². The van der Waals surface area contributed by atoms with Gasteiger partial charge in [-0.2, -0.15) is 0 Å². The average molecular weight is 408 g/mol. The van der Waals surface area contributed by atoms with Gasteiger partial charge in [-0.1, -0.05) is 45.1 Å². The Morgan fingerprint density at radius 1 is 1.03 bits per heavy atom. The van der Waals surface area contributed by atoms with Crippen molar-refractivity contribution < 1.29 is 19.1 Å². The van der Waals surface area contributed by atoms with Gasteiger partial charge in [0.2, 0.25) is 11.8 Å². The zero-order valence-corrected chi connectivity index (χ0v) is 17.8. The fourth-order valence-corrected chi connectivity index (χ4v) is 5.80. The second-order valence-corrected chi connectivity index (χ2v) is 9.97. The first-order chi connectivity index (χ1) is 14.3. The van der Waals surface area contributed by atoms with Crippen LogP contribution in [0.4, 0.5) is 0 Å². The monoisotopic (exact) mass is 407 g/mol. The van der Waals surface area contributed by atoms with Gasteiger partial charge in [0.25, 0.3) is 0 Å². The van der Waals surface area contributed by atoms with Crippen LogP contribution < -0.4 is 4.74 Å². The highest BCUT2D eigenvalue weighted by Crippen LogP contribution is 2.65. The molecule has 2 saturated carbocycles. The van der Waals surface area contributed by atoms with E-state index < -0.39 is 5.97 Å². The maximum absolute atomic E-state index is 13.0. The molecule has 1 saturated heterocycles. The molecule has 1 aromatic rings. The van der Waals surface area contributed by atoms with E-state index in [1.165, 1.54) is 10.5 Å². The average Bonchev–Trinajstić information content (AvgIpc) is 3.52. The van der Waals surface area contributed by atoms with Gasteiger partial charge in [-0.3, -0.25) is 19.3 Å². The molecule has 6 rings (SSSR count). The Balaban J connectivity index is 1.19. The van der Waals surface area contributed by atoms with Crippen molar-refractivity contribution in [1.82, 2.24) is 4.90 Å². The lowest BCUT2D eigenvalue weighted by Crippen LogP contribution is -2.40. The maximum atomic E-state index is 13.0. The summed E-state index contributed by atoms with van der Waals surface area (Å²) in [6, 6.07) is 7.58. The first-order valence-electron chi connectivity index (χ1n) is 11.2. The number of imide groups is 1. The maximum Gasteiger partial charge on any atom is 0.312 e. The molecule has 0 unspecified atom stereocenters. The van der Waals surface area contributed by atoms with Gasteiger partial charge < -0.3 is 4.74 Å². The highest BCUT2D eigenvalue weighted by atomic mass is 16.5. The molecular weight excluding hydrogens is 378 g/mol. The molecule has 5 heteroatoms. The number of likely N-dealkylation sites (tertiary alicyclic amines) is 1. The van der Waals surface area contributed by atoms with Crippen molar-refractivity contribution in [3.63, 3.8) is 0 Å². The minimum Gasteiger partial charge on any atom is -0.426 e. The summed E-state index contributed by atoms with van der Waals surface area (Å²) < 4.78 is 5.44. The number of allylic oxidation sites excluding steroid dienone is 2. The van der Waals surface area contributed by atoms with E-state index in [1.807, 2.05) is 12.1 Å². The van der Waals surface area contributed by atoms with E-state index >= 15 is 0 Å². The predicted octanol–water partition coefficient (Wildman–Crippen LogP) is 3.72. The molecule has 2 amide bonds. The summed E-state index contributed by atoms with van der Waals surface area (Å²) in [7, 11) is 0. The second kappa shape index (κ2) is 6.79. The van der Waals surface area contributed by atoms with Crippen molar-refractivity contribution in [3.05, 3.63) is 42.0 Å². The SMILES string of the molecule is CCC(C)(C)c1ccc(OC(=O)CCN2C(=O)[C@@H]3[C@@H]4C=C[C@H]([C@H]5C[C@@H]45)[C@@H]3C2=O)cc1. The van der Waals surface area contributed by atoms with E-state index in [9.17, 15) is 14.4 Å². The normalized spacial score (nSPS) is 33.5. The number of esters is 1. The zero-order valence-electron chi connectivity index (χ0n) is 17.8. The smallest absolute Gasteiger partial charge is 0.312 e. The van der Waals surface area contributed by atoms with Crippen LogP contribution in [0.3, 0.4) is 0 Å². The molecule has 5 nitrogen and oxygen atoms in total. The molecule has 0 aromatic heterocycles. The van der Waals surface area contributed by atoms with Crippen LogP contribution in [-0.2, 0) is 19.8 Å². The molecule has 0 radical (unpaired) electrons. The summed E-state index contributed by atoms with van der Waals surface area (Å²) in [6.45, 7) is 6.62. The van der Waals surface area contributed by atoms with Crippen LogP contribution >= 0.6 is 0 Å². The van der Waals surface area contributed by atoms with Gasteiger partial charge in [0.1, 0.15) is 5.75 Å². The number of carbonyl (C=O) groups is 3. The van der Waals surface area contributed by atoms with Gasteiger partial charge >= 0.3 is 5.97 Å². The summed E-state index contributed by atoms with van der Waals surface area (Å²) in [4.78, 5) is 39.6. The van der Waals surface area contributed by atoms with Gasteiger partial charge in [0.15, 0.2) is 0 Å². The van der Waals surface area contributed by atoms with E-state index in [1.54, 1.807) is 12.1 Å². The molecule has 1 aliphatic heterocycles. The van der Waals surface area contributed by atoms with Crippen molar-refractivity contribution >= 4 is 17.8 Å². The largest absolute Gasteiger partial charge is 0.426 e. The number of benzene rings is 1. The van der Waals surface area contributed by atoms with Crippen molar-refractivity contribution in [3.8, 4) is 5.75 Å². The third kappa shape index (κ3) is 2.93. The quantitative estimate of drug-likeness (QED) is 0.312. The Morgan fingerprint density at radius 2 is 1.60 bits per heavy atom. The number of rotatable bonds is 6. The molecule has 1 aromatic carbocycles. The third-order valence-corrected chi connectivity index (χ3v) is 8.04. The van der Waals surface area contributed by atoms with Gasteiger partial charge in [0, 0.05) is 6.54 Å². The lowest BCUT2D eigenvalue weighted by Gasteiger charge is -2.37. The van der Waals surface area contributed by atoms with E-state index in [0.717, 1.165) is 12.8 Å². The van der Waals surface area contributed by atoms with E-state index in [0.29, 0.717) is 17.6 Å². The molecule has 6 atom stereocenters. The topological polar surface area (TPSA) is 63.7 Å². The van der Waals surface area contributed by atoms with E-state index in [2.05, 4.69) is 32.9 Å². The lowest BCUT2D eigenvalue weighted by molar-refractivity contribution is -0.141. The minimum atomic E-state index is -0.420. The van der Waals surface area contributed by atoms with Crippen molar-refractivity contribution in [1.29, 1.82) is 0 Å². The second-order valence-electron chi connectivity index (χ2n) is 9.97. The van der Waals surface area contributed by atoms with Crippen LogP contribution in [0.15, 0.2) is 36.4 Å². The van der Waals surface area contributed by atoms with Crippen LogP contribution in [0.2, 0.25) is 0 Å². The first kappa shape index (κ1) is 19.5. The molecule has 5 aliphatic rings. The molecule has 30 heavy (non-hydrogen) atoms. The number of nitrogens with zero attached hydrogens (tertiary/aromatic N) is 1. The molecule has 2 bridgehead atoms. The lowest BCUT2D eigenvalue weighted by atomic mass is 9.63. The predicted molar refractivity (Wildman–Crippen MR) is 111 cm³/mol. The van der Waals surface area contributed by atoms with Crippen LogP contribution in [0.1, 0.15) is 45.6 Å². The minimum absolute atomic E-state index is 0.0226. The molecule has 4 aliphatic carbocycles. The summed E-state index contributed by atoms with van der Waals surface area (Å²) in [6.07, 6.45) is 6.51. The summed E-state index contributed by atoms with van der Waals surface area (Å²) in [5.41, 5.74) is 1.27. The molecule has 3 fully saturated rings. The zero-order chi connectivity index (χ0) is 21.2. The Hall–Kier alpha value is -2.43. The number of ether oxygens (including phenoxy) is 1. The highest BCUT2D eigenvalue weighted by Gasteiger charge is 2.66. The molecular formula is C25H29NO4. The fraction of sp³-hybridized carbons (Fsp3) is 0.560. The summed E-state index contributed by atoms with van der Waals surface area (Å²) in [5, 5.41) is 0. The molecule has 1 heterocycles. The third-order valence-electron chi connectivity index (χ3n) is 8.04. The van der Waals surface area contributed by atoms with E-state index in [4.69, 9.17) is 4.74 Å². The Kier molecular flexibility index (Phi) is 4.42. The summed E-state index contributed by atoms with van der Waals surface area (Å²) in [5.74, 6) is 1.08. The standard InChI is InChI=1S/C25H29NO4/c1-4-25(2,3)14-5-7-15(8-6-14)30-20(27)11-12-26-23(28)21-16-9-10-17(19-13-18(16)19)22(21)24(26)29/h5-10,16-19,21-22H,4,11-13H2,1-3H3/t16-,17-,18-,19+,21+,22-/m1/s1. The molecule has 0 spiro atoms. The number of hydrogen-bond acceptors (Lipinski definition) is 4. The molecule has 0 N–H and O–H groups in total. The fourth-order valence-electron chi connectivity index (χ4n) is 5.80. The number of amides is 2. The van der Waals surface area contributed by atoms with Gasteiger partial charge in [-0.05, 0) is 59.6 Å². The van der Waals surface area contributed by atoms with Crippen molar-refractivity contribution in [2.45, 2.75) is 45.4 Å². The Morgan fingerprint density at radius 3 is 2.13 bits per heavy atom. The highest BCUT2D eigenvalue weighted by molar-refractivity contribution is 6.06. The van der Waals surface area contributed by atoms with Gasteiger partial charge in [0.05, 0.1) is 18.3 Å². The Labute approximate surface area is 177 Å².